The van der Waals surface area contributed by atoms with Gasteiger partial charge in [-0.2, -0.15) is 0 Å². The Bertz CT molecular complexity index is 1140. The number of aromatic nitrogens is 5. The zero-order valence-corrected chi connectivity index (χ0v) is 17.0. The summed E-state index contributed by atoms with van der Waals surface area (Å²) in [4.78, 5) is 4.15. The molecule has 3 aliphatic rings. The Morgan fingerprint density at radius 2 is 1.91 bits per heavy atom. The second-order valence-corrected chi connectivity index (χ2v) is 8.75. The molecule has 3 fully saturated rings. The second-order valence-electron chi connectivity index (χ2n) is 8.75. The van der Waals surface area contributed by atoms with Crippen LogP contribution in [0.25, 0.3) is 0 Å². The number of nitrogens with zero attached hydrogens (tertiary/aromatic N) is 5. The summed E-state index contributed by atoms with van der Waals surface area (Å²) < 4.78 is 66.2. The van der Waals surface area contributed by atoms with Gasteiger partial charge in [0.05, 0.1) is 13.7 Å². The van der Waals surface area contributed by atoms with Crippen molar-refractivity contribution in [3.63, 3.8) is 0 Å². The van der Waals surface area contributed by atoms with Crippen molar-refractivity contribution < 1.29 is 27.4 Å². The average Bonchev–Trinajstić information content (AvgIpc) is 3.18. The maximum atomic E-state index is 16.1. The van der Waals surface area contributed by atoms with Gasteiger partial charge in [0.2, 0.25) is 5.88 Å². The van der Waals surface area contributed by atoms with Crippen LogP contribution in [-0.4, -0.2) is 43.3 Å². The van der Waals surface area contributed by atoms with Gasteiger partial charge in [-0.1, -0.05) is 6.07 Å². The molecule has 7 nitrogen and oxygen atoms in total. The Kier molecular flexibility index (Phi) is 4.36. The minimum absolute atomic E-state index is 0.0989. The summed E-state index contributed by atoms with van der Waals surface area (Å²) in [5.41, 5.74) is -4.90. The molecule has 3 saturated carbocycles. The smallest absolute Gasteiger partial charge is 0.287 e. The number of alkyl halides is 2. The molecule has 0 amide bonds. The molecule has 11 heteroatoms. The van der Waals surface area contributed by atoms with E-state index in [4.69, 9.17) is 4.74 Å². The first-order valence-electron chi connectivity index (χ1n) is 9.92. The topological polar surface area (TPSA) is 86.0 Å². The van der Waals surface area contributed by atoms with Crippen LogP contribution in [0.5, 0.6) is 5.88 Å². The molecule has 0 spiro atoms. The number of pyridine rings is 1. The monoisotopic (exact) mass is 449 g/mol. The lowest BCUT2D eigenvalue weighted by Gasteiger charge is -2.74. The van der Waals surface area contributed by atoms with E-state index < -0.39 is 46.1 Å². The molecule has 2 heterocycles. The van der Waals surface area contributed by atoms with Crippen LogP contribution in [0, 0.1) is 17.0 Å². The van der Waals surface area contributed by atoms with Gasteiger partial charge in [-0.3, -0.25) is 0 Å². The zero-order valence-electron chi connectivity index (χ0n) is 17.0. The fourth-order valence-electron chi connectivity index (χ4n) is 5.35. The van der Waals surface area contributed by atoms with Gasteiger partial charge >= 0.3 is 0 Å². The summed E-state index contributed by atoms with van der Waals surface area (Å²) in [7, 11) is 1.48. The molecule has 0 aliphatic heterocycles. The van der Waals surface area contributed by atoms with Gasteiger partial charge in [0.1, 0.15) is 18.0 Å². The first kappa shape index (κ1) is 20.8. The lowest BCUT2D eigenvalue weighted by Crippen LogP contribution is -2.76. The van der Waals surface area contributed by atoms with E-state index in [-0.39, 0.29) is 19.3 Å². The highest BCUT2D eigenvalue weighted by atomic mass is 19.3. The largest absolute Gasteiger partial charge is 0.481 e. The van der Waals surface area contributed by atoms with Crippen LogP contribution in [0.15, 0.2) is 42.9 Å². The fourth-order valence-corrected chi connectivity index (χ4v) is 5.35. The lowest BCUT2D eigenvalue weighted by molar-refractivity contribution is -0.347. The van der Waals surface area contributed by atoms with Crippen molar-refractivity contribution in [1.29, 1.82) is 0 Å². The van der Waals surface area contributed by atoms with Crippen LogP contribution in [0.3, 0.4) is 0 Å². The maximum Gasteiger partial charge on any atom is 0.287 e. The average molecular weight is 449 g/mol. The van der Waals surface area contributed by atoms with Crippen LogP contribution in [0.1, 0.15) is 30.4 Å². The van der Waals surface area contributed by atoms with E-state index >= 15 is 8.78 Å². The van der Waals surface area contributed by atoms with Crippen molar-refractivity contribution in [1.82, 2.24) is 25.2 Å². The Balaban J connectivity index is 1.49. The number of methoxy groups -OCH3 is 1. The number of hydrogen-bond acceptors (Lipinski definition) is 6. The molecule has 1 aromatic carbocycles. The minimum Gasteiger partial charge on any atom is -0.481 e. The molecule has 0 saturated heterocycles. The van der Waals surface area contributed by atoms with Crippen molar-refractivity contribution in [3.05, 3.63) is 65.6 Å². The molecule has 6 rings (SSSR count). The summed E-state index contributed by atoms with van der Waals surface area (Å²) in [6.45, 7) is -0.797. The highest BCUT2D eigenvalue weighted by Crippen LogP contribution is 2.80. The van der Waals surface area contributed by atoms with Gasteiger partial charge < -0.3 is 9.84 Å². The number of aliphatic hydroxyl groups is 1. The van der Waals surface area contributed by atoms with Crippen LogP contribution < -0.4 is 4.74 Å². The first-order valence-corrected chi connectivity index (χ1v) is 9.92. The zero-order chi connectivity index (χ0) is 22.8. The predicted molar refractivity (Wildman–Crippen MR) is 102 cm³/mol. The molecule has 3 aliphatic carbocycles. The first-order chi connectivity index (χ1) is 15.1. The van der Waals surface area contributed by atoms with Crippen molar-refractivity contribution in [2.45, 2.75) is 42.7 Å². The normalized spacial score (nSPS) is 26.1. The molecule has 1 atom stereocenters. The van der Waals surface area contributed by atoms with E-state index in [1.165, 1.54) is 7.11 Å². The maximum absolute atomic E-state index is 16.1. The van der Waals surface area contributed by atoms with Gasteiger partial charge in [-0.05, 0) is 52.8 Å². The highest BCUT2D eigenvalue weighted by molar-refractivity contribution is 5.42. The Hall–Kier alpha value is -3.08. The lowest BCUT2D eigenvalue weighted by atomic mass is 9.30. The van der Waals surface area contributed by atoms with Gasteiger partial charge in [0, 0.05) is 29.3 Å². The SMILES string of the molecule is COc1ccc(C23CC(C(F)(F)[C@@](O)(Cn4cnnn4)c4ccc(F)cc4F)(C2)C3)cn1. The molecule has 32 heavy (non-hydrogen) atoms. The van der Waals surface area contributed by atoms with Crippen LogP contribution in [0.2, 0.25) is 0 Å². The van der Waals surface area contributed by atoms with Gasteiger partial charge in [0.15, 0.2) is 5.60 Å². The van der Waals surface area contributed by atoms with Gasteiger partial charge in [0.25, 0.3) is 5.92 Å². The summed E-state index contributed by atoms with van der Waals surface area (Å²) in [5, 5.41) is 21.7. The molecular weight excluding hydrogens is 430 g/mol. The number of hydrogen-bond donors (Lipinski definition) is 1. The van der Waals surface area contributed by atoms with Crippen molar-refractivity contribution in [2.24, 2.45) is 5.41 Å². The van der Waals surface area contributed by atoms with Crippen molar-refractivity contribution in [2.75, 3.05) is 7.11 Å². The fraction of sp³-hybridized carbons (Fsp3) is 0.429. The summed E-state index contributed by atoms with van der Waals surface area (Å²) in [5.74, 6) is -5.54. The number of tetrazole rings is 1. The van der Waals surface area contributed by atoms with Crippen molar-refractivity contribution in [3.8, 4) is 5.88 Å². The summed E-state index contributed by atoms with van der Waals surface area (Å²) in [6, 6.07) is 5.62. The number of rotatable bonds is 7. The molecule has 2 bridgehead atoms. The number of halogens is 4. The summed E-state index contributed by atoms with van der Waals surface area (Å²) >= 11 is 0. The van der Waals surface area contributed by atoms with E-state index in [9.17, 15) is 13.9 Å². The Morgan fingerprint density at radius 3 is 2.47 bits per heavy atom. The quantitative estimate of drug-likeness (QED) is 0.559. The number of benzene rings is 1. The summed E-state index contributed by atoms with van der Waals surface area (Å²) in [6.07, 6.45) is 2.95. The molecular formula is C21H19F4N5O2. The van der Waals surface area contributed by atoms with E-state index in [1.54, 1.807) is 18.3 Å². The van der Waals surface area contributed by atoms with Crippen molar-refractivity contribution >= 4 is 0 Å². The standard InChI is InChI=1S/C21H19F4N5O2/c1-32-17-5-2-13(7-26-17)18-8-19(9-18,10-18)21(24,25)20(31,11-30-12-27-28-29-30)15-4-3-14(22)6-16(15)23/h2-7,12,31H,8-11H2,1H3/t18?,19?,20-/m1/s1. The predicted octanol–water partition coefficient (Wildman–Crippen LogP) is 3.00. The van der Waals surface area contributed by atoms with Gasteiger partial charge in [-0.15, -0.1) is 5.10 Å². The molecule has 168 valence electrons. The molecule has 0 unspecified atom stereocenters. The van der Waals surface area contributed by atoms with Gasteiger partial charge in [-0.25, -0.2) is 27.2 Å². The Morgan fingerprint density at radius 1 is 1.16 bits per heavy atom. The molecule has 2 aromatic heterocycles. The highest BCUT2D eigenvalue weighted by Gasteiger charge is 2.82. The van der Waals surface area contributed by atoms with E-state index in [1.807, 2.05) is 0 Å². The minimum atomic E-state index is -3.76. The third kappa shape index (κ3) is 2.70. The Labute approximate surface area is 180 Å². The second kappa shape index (κ2) is 6.71. The van der Waals surface area contributed by atoms with Crippen LogP contribution in [0.4, 0.5) is 17.6 Å². The molecule has 1 N–H and O–H groups in total. The van der Waals surface area contributed by atoms with E-state index in [0.717, 1.165) is 28.7 Å². The third-order valence-electron chi connectivity index (χ3n) is 6.93. The third-order valence-corrected chi connectivity index (χ3v) is 6.93. The molecule has 0 radical (unpaired) electrons. The number of ether oxygens (including phenoxy) is 1. The van der Waals surface area contributed by atoms with E-state index in [0.29, 0.717) is 11.9 Å². The van der Waals surface area contributed by atoms with Crippen LogP contribution >= 0.6 is 0 Å². The van der Waals surface area contributed by atoms with Crippen LogP contribution in [-0.2, 0) is 17.6 Å². The van der Waals surface area contributed by atoms with E-state index in [2.05, 4.69) is 20.5 Å². The molecule has 3 aromatic rings.